The van der Waals surface area contributed by atoms with Crippen molar-refractivity contribution in [3.63, 3.8) is 0 Å². The van der Waals surface area contributed by atoms with Crippen molar-refractivity contribution >= 4 is 16.5 Å². The van der Waals surface area contributed by atoms with Crippen molar-refractivity contribution in [1.82, 2.24) is 10.3 Å². The summed E-state index contributed by atoms with van der Waals surface area (Å²) in [5.74, 6) is 0. The fourth-order valence-corrected chi connectivity index (χ4v) is 2.96. The van der Waals surface area contributed by atoms with E-state index in [0.29, 0.717) is 0 Å². The van der Waals surface area contributed by atoms with Crippen molar-refractivity contribution < 1.29 is 0 Å². The van der Waals surface area contributed by atoms with Crippen LogP contribution >= 0.6 is 11.3 Å². The topological polar surface area (TPSA) is 28.2 Å². The van der Waals surface area contributed by atoms with Gasteiger partial charge >= 0.3 is 0 Å². The molecule has 1 aromatic rings. The molecular formula is C12H21N3S. The Hall–Kier alpha value is -0.610. The molecule has 1 aromatic heterocycles. The molecule has 0 aliphatic heterocycles. The van der Waals surface area contributed by atoms with Gasteiger partial charge in [-0.1, -0.05) is 6.92 Å². The summed E-state index contributed by atoms with van der Waals surface area (Å²) in [6.45, 7) is 6.22. The molecule has 3 nitrogen and oxygen atoms in total. The highest BCUT2D eigenvalue weighted by molar-refractivity contribution is 7.15. The van der Waals surface area contributed by atoms with E-state index >= 15 is 0 Å². The number of thiazole rings is 1. The lowest BCUT2D eigenvalue weighted by Crippen LogP contribution is -2.36. The van der Waals surface area contributed by atoms with Crippen molar-refractivity contribution in [3.8, 4) is 0 Å². The van der Waals surface area contributed by atoms with Crippen LogP contribution in [0.3, 0.4) is 0 Å². The summed E-state index contributed by atoms with van der Waals surface area (Å²) in [5.41, 5.74) is 1.19. The van der Waals surface area contributed by atoms with Crippen molar-refractivity contribution in [3.05, 3.63) is 10.6 Å². The zero-order chi connectivity index (χ0) is 11.5. The first-order valence-corrected chi connectivity index (χ1v) is 6.94. The molecule has 0 aromatic carbocycles. The molecule has 0 saturated heterocycles. The molecule has 1 saturated carbocycles. The van der Waals surface area contributed by atoms with Crippen molar-refractivity contribution in [2.45, 2.75) is 45.7 Å². The lowest BCUT2D eigenvalue weighted by molar-refractivity contribution is 0.401. The maximum absolute atomic E-state index is 4.67. The van der Waals surface area contributed by atoms with Crippen LogP contribution in [0.2, 0.25) is 0 Å². The van der Waals surface area contributed by atoms with E-state index in [9.17, 15) is 0 Å². The van der Waals surface area contributed by atoms with E-state index in [4.69, 9.17) is 0 Å². The molecule has 0 spiro atoms. The van der Waals surface area contributed by atoms with Gasteiger partial charge in [0.2, 0.25) is 0 Å². The fourth-order valence-electron chi connectivity index (χ4n) is 1.90. The third-order valence-electron chi connectivity index (χ3n) is 3.34. The minimum atomic E-state index is 0.734. The van der Waals surface area contributed by atoms with Gasteiger partial charge in [-0.25, -0.2) is 4.98 Å². The second kappa shape index (κ2) is 5.15. The lowest BCUT2D eigenvalue weighted by atomic mass is 9.92. The monoisotopic (exact) mass is 239 g/mol. The number of nitrogens with one attached hydrogen (secondary N) is 1. The summed E-state index contributed by atoms with van der Waals surface area (Å²) in [6.07, 6.45) is 4.04. The van der Waals surface area contributed by atoms with Crippen molar-refractivity contribution in [2.75, 3.05) is 18.5 Å². The minimum Gasteiger partial charge on any atom is -0.348 e. The smallest absolute Gasteiger partial charge is 0.185 e. The van der Waals surface area contributed by atoms with Crippen LogP contribution in [0.15, 0.2) is 0 Å². The Kier molecular flexibility index (Phi) is 3.82. The van der Waals surface area contributed by atoms with E-state index < -0.39 is 0 Å². The summed E-state index contributed by atoms with van der Waals surface area (Å²) in [6, 6.07) is 0.734. The molecule has 0 unspecified atom stereocenters. The van der Waals surface area contributed by atoms with Crippen molar-refractivity contribution in [2.24, 2.45) is 0 Å². The molecule has 4 heteroatoms. The first-order chi connectivity index (χ1) is 7.72. The zero-order valence-electron chi connectivity index (χ0n) is 10.4. The molecule has 1 aliphatic rings. The Morgan fingerprint density at radius 1 is 1.50 bits per heavy atom. The van der Waals surface area contributed by atoms with E-state index in [0.717, 1.165) is 19.1 Å². The third kappa shape index (κ3) is 2.38. The number of aromatic nitrogens is 1. The normalized spacial score (nSPS) is 16.2. The van der Waals surface area contributed by atoms with E-state index in [1.165, 1.54) is 35.0 Å². The van der Waals surface area contributed by atoms with Gasteiger partial charge in [0.15, 0.2) is 5.13 Å². The number of rotatable bonds is 5. The second-order valence-corrected chi connectivity index (χ2v) is 5.54. The fraction of sp³-hybridized carbons (Fsp3) is 0.750. The molecule has 2 rings (SSSR count). The largest absolute Gasteiger partial charge is 0.348 e. The average Bonchev–Trinajstić information content (AvgIpc) is 2.54. The van der Waals surface area contributed by atoms with Gasteiger partial charge < -0.3 is 10.2 Å². The van der Waals surface area contributed by atoms with Gasteiger partial charge in [-0.2, -0.15) is 0 Å². The van der Waals surface area contributed by atoms with Crippen LogP contribution in [0.5, 0.6) is 0 Å². The van der Waals surface area contributed by atoms with Gasteiger partial charge in [0.1, 0.15) is 0 Å². The average molecular weight is 239 g/mol. The first kappa shape index (κ1) is 11.9. The summed E-state index contributed by atoms with van der Waals surface area (Å²) < 4.78 is 0. The molecule has 90 valence electrons. The minimum absolute atomic E-state index is 0.734. The lowest BCUT2D eigenvalue weighted by Gasteiger charge is -2.34. The van der Waals surface area contributed by atoms with Gasteiger partial charge in [0, 0.05) is 24.5 Å². The van der Waals surface area contributed by atoms with Crippen LogP contribution in [0, 0.1) is 6.92 Å². The van der Waals surface area contributed by atoms with Gasteiger partial charge in [0.25, 0.3) is 0 Å². The van der Waals surface area contributed by atoms with Gasteiger partial charge in [-0.15, -0.1) is 11.3 Å². The van der Waals surface area contributed by atoms with Crippen LogP contribution < -0.4 is 10.2 Å². The summed E-state index contributed by atoms with van der Waals surface area (Å²) in [4.78, 5) is 8.41. The Morgan fingerprint density at radius 3 is 2.81 bits per heavy atom. The van der Waals surface area contributed by atoms with Crippen LogP contribution in [0.4, 0.5) is 5.13 Å². The summed E-state index contributed by atoms with van der Waals surface area (Å²) >= 11 is 1.84. The molecule has 1 heterocycles. The Balaban J connectivity index is 2.03. The highest BCUT2D eigenvalue weighted by Gasteiger charge is 2.24. The maximum Gasteiger partial charge on any atom is 0.185 e. The molecule has 1 fully saturated rings. The highest BCUT2D eigenvalue weighted by Crippen LogP contribution is 2.32. The van der Waals surface area contributed by atoms with Gasteiger partial charge in [0.05, 0.1) is 5.69 Å². The SMILES string of the molecule is CCNCc1sc(N(C)C2CCC2)nc1C. The highest BCUT2D eigenvalue weighted by atomic mass is 32.1. The number of aryl methyl sites for hydroxylation is 1. The molecule has 0 bridgehead atoms. The van der Waals surface area contributed by atoms with E-state index in [2.05, 4.69) is 36.1 Å². The number of hydrogen-bond acceptors (Lipinski definition) is 4. The molecule has 0 amide bonds. The Bertz CT molecular complexity index is 344. The zero-order valence-corrected chi connectivity index (χ0v) is 11.2. The molecule has 1 aliphatic carbocycles. The predicted octanol–water partition coefficient (Wildman–Crippen LogP) is 2.55. The molecule has 1 N–H and O–H groups in total. The number of hydrogen-bond donors (Lipinski definition) is 1. The number of nitrogens with zero attached hydrogens (tertiary/aromatic N) is 2. The van der Waals surface area contributed by atoms with E-state index in [-0.39, 0.29) is 0 Å². The van der Waals surface area contributed by atoms with E-state index in [1.54, 1.807) is 0 Å². The predicted molar refractivity (Wildman–Crippen MR) is 70.3 cm³/mol. The standard InChI is InChI=1S/C12H21N3S/c1-4-13-8-11-9(2)14-12(16-11)15(3)10-6-5-7-10/h10,13H,4-8H2,1-3H3. The van der Waals surface area contributed by atoms with Gasteiger partial charge in [-0.3, -0.25) is 0 Å². The molecular weight excluding hydrogens is 218 g/mol. The first-order valence-electron chi connectivity index (χ1n) is 6.12. The molecule has 0 radical (unpaired) electrons. The van der Waals surface area contributed by atoms with Gasteiger partial charge in [-0.05, 0) is 32.7 Å². The second-order valence-electron chi connectivity index (χ2n) is 4.48. The van der Waals surface area contributed by atoms with Crippen molar-refractivity contribution in [1.29, 1.82) is 0 Å². The van der Waals surface area contributed by atoms with Crippen LogP contribution in [-0.4, -0.2) is 24.6 Å². The Labute approximate surface area is 102 Å². The van der Waals surface area contributed by atoms with Crippen LogP contribution in [-0.2, 0) is 6.54 Å². The quantitative estimate of drug-likeness (QED) is 0.856. The third-order valence-corrected chi connectivity index (χ3v) is 4.59. The van der Waals surface area contributed by atoms with Crippen LogP contribution in [0.25, 0.3) is 0 Å². The number of anilines is 1. The molecule has 0 atom stereocenters. The summed E-state index contributed by atoms with van der Waals surface area (Å²) in [7, 11) is 2.18. The van der Waals surface area contributed by atoms with E-state index in [1.807, 2.05) is 11.3 Å². The Morgan fingerprint density at radius 2 is 2.25 bits per heavy atom. The summed E-state index contributed by atoms with van der Waals surface area (Å²) in [5, 5.41) is 4.56. The van der Waals surface area contributed by atoms with Crippen LogP contribution in [0.1, 0.15) is 36.8 Å². The maximum atomic E-state index is 4.67. The molecule has 16 heavy (non-hydrogen) atoms.